The van der Waals surface area contributed by atoms with Crippen LogP contribution < -0.4 is 5.32 Å². The summed E-state index contributed by atoms with van der Waals surface area (Å²) in [4.78, 5) is 14.4. The third-order valence-corrected chi connectivity index (χ3v) is 3.69. The number of halogens is 1. The van der Waals surface area contributed by atoms with E-state index in [1.54, 1.807) is 12.1 Å². The van der Waals surface area contributed by atoms with E-state index in [1.807, 2.05) is 4.90 Å². The predicted molar refractivity (Wildman–Crippen MR) is 73.6 cm³/mol. The van der Waals surface area contributed by atoms with Crippen molar-refractivity contribution < 1.29 is 9.21 Å². The second-order valence-electron chi connectivity index (χ2n) is 4.58. The van der Waals surface area contributed by atoms with Gasteiger partial charge in [0, 0.05) is 12.6 Å². The Morgan fingerprint density at radius 1 is 1.50 bits per heavy atom. The molecule has 18 heavy (non-hydrogen) atoms. The van der Waals surface area contributed by atoms with Gasteiger partial charge in [-0.3, -0.25) is 4.79 Å². The number of nitrogens with one attached hydrogen (secondary N) is 1. The van der Waals surface area contributed by atoms with Crippen LogP contribution in [0.4, 0.5) is 0 Å². The van der Waals surface area contributed by atoms with E-state index in [-0.39, 0.29) is 5.91 Å². The number of carbonyl (C=O) groups is 1. The highest BCUT2D eigenvalue weighted by Gasteiger charge is 2.27. The van der Waals surface area contributed by atoms with Crippen LogP contribution in [-0.4, -0.2) is 36.5 Å². The summed E-state index contributed by atoms with van der Waals surface area (Å²) in [6.07, 6.45) is 3.01. The van der Waals surface area contributed by atoms with E-state index in [4.69, 9.17) is 4.42 Å². The summed E-state index contributed by atoms with van der Waals surface area (Å²) in [5.41, 5.74) is 0. The summed E-state index contributed by atoms with van der Waals surface area (Å²) in [6, 6.07) is 3.83. The molecule has 0 aliphatic carbocycles. The summed E-state index contributed by atoms with van der Waals surface area (Å²) in [6.45, 7) is 4.86. The van der Waals surface area contributed by atoms with Crippen molar-refractivity contribution in [2.75, 3.05) is 19.6 Å². The molecule has 0 spiro atoms. The first-order valence-corrected chi connectivity index (χ1v) is 7.28. The average molecular weight is 315 g/mol. The van der Waals surface area contributed by atoms with Crippen molar-refractivity contribution in [1.82, 2.24) is 10.2 Å². The lowest BCUT2D eigenvalue weighted by molar-refractivity contribution is 0.0609. The minimum atomic E-state index is 0.00875. The molecule has 1 aliphatic heterocycles. The Labute approximate surface area is 116 Å². The van der Waals surface area contributed by atoms with Gasteiger partial charge in [-0.2, -0.15) is 0 Å². The Morgan fingerprint density at radius 2 is 2.22 bits per heavy atom. The quantitative estimate of drug-likeness (QED) is 0.929. The van der Waals surface area contributed by atoms with Crippen molar-refractivity contribution >= 4 is 21.8 Å². The molecule has 0 radical (unpaired) electrons. The number of hydrogen-bond donors (Lipinski definition) is 1. The summed E-state index contributed by atoms with van der Waals surface area (Å²) >= 11 is 3.24. The molecule has 100 valence electrons. The predicted octanol–water partition coefficient (Wildman–Crippen LogP) is 2.65. The minimum absolute atomic E-state index is 0.00875. The lowest BCUT2D eigenvalue weighted by atomic mass is 10.0. The van der Waals surface area contributed by atoms with Gasteiger partial charge in [0.15, 0.2) is 10.4 Å². The Kier molecular flexibility index (Phi) is 4.83. The van der Waals surface area contributed by atoms with E-state index in [0.717, 1.165) is 38.9 Å². The molecule has 1 amide bonds. The number of piperidine rings is 1. The van der Waals surface area contributed by atoms with Crippen LogP contribution in [0.5, 0.6) is 0 Å². The monoisotopic (exact) mass is 314 g/mol. The summed E-state index contributed by atoms with van der Waals surface area (Å²) in [5.74, 6) is 0.434. The van der Waals surface area contributed by atoms with Crippen LogP contribution in [-0.2, 0) is 0 Å². The maximum Gasteiger partial charge on any atom is 0.289 e. The van der Waals surface area contributed by atoms with Crippen molar-refractivity contribution in [3.63, 3.8) is 0 Å². The van der Waals surface area contributed by atoms with E-state index in [1.165, 1.54) is 0 Å². The molecular weight excluding hydrogens is 296 g/mol. The fourth-order valence-electron chi connectivity index (χ4n) is 2.38. The van der Waals surface area contributed by atoms with Crippen molar-refractivity contribution in [2.45, 2.75) is 32.2 Å². The van der Waals surface area contributed by atoms with Gasteiger partial charge in [-0.15, -0.1) is 0 Å². The zero-order valence-electron chi connectivity index (χ0n) is 10.6. The third-order valence-electron chi connectivity index (χ3n) is 3.26. The molecular formula is C13H19BrN2O2. The standard InChI is InChI=1S/C13H19BrN2O2/c1-2-9-16(10-5-7-15-8-6-10)13(17)11-3-4-12(14)18-11/h3-4,10,15H,2,5-9H2,1H3. The number of nitrogens with zero attached hydrogens (tertiary/aromatic N) is 1. The molecule has 0 saturated carbocycles. The SMILES string of the molecule is CCCN(C(=O)c1ccc(Br)o1)C1CCNCC1. The molecule has 0 bridgehead atoms. The molecule has 4 nitrogen and oxygen atoms in total. The summed E-state index contributed by atoms with van der Waals surface area (Å²) in [7, 11) is 0. The molecule has 1 aromatic rings. The highest BCUT2D eigenvalue weighted by atomic mass is 79.9. The van der Waals surface area contributed by atoms with E-state index < -0.39 is 0 Å². The van der Waals surface area contributed by atoms with Crippen LogP contribution in [0.1, 0.15) is 36.7 Å². The van der Waals surface area contributed by atoms with Gasteiger partial charge in [0.1, 0.15) is 0 Å². The number of hydrogen-bond acceptors (Lipinski definition) is 3. The van der Waals surface area contributed by atoms with Crippen molar-refractivity contribution in [3.8, 4) is 0 Å². The largest absolute Gasteiger partial charge is 0.444 e. The van der Waals surface area contributed by atoms with Crippen LogP contribution in [0, 0.1) is 0 Å². The molecule has 5 heteroatoms. The number of furan rings is 1. The van der Waals surface area contributed by atoms with Gasteiger partial charge in [-0.1, -0.05) is 6.92 Å². The van der Waals surface area contributed by atoms with E-state index in [9.17, 15) is 4.79 Å². The molecule has 1 aliphatic rings. The van der Waals surface area contributed by atoms with Crippen LogP contribution in [0.2, 0.25) is 0 Å². The number of carbonyl (C=O) groups excluding carboxylic acids is 1. The topological polar surface area (TPSA) is 45.5 Å². The summed E-state index contributed by atoms with van der Waals surface area (Å²) in [5, 5.41) is 3.33. The zero-order chi connectivity index (χ0) is 13.0. The second-order valence-corrected chi connectivity index (χ2v) is 5.37. The molecule has 1 saturated heterocycles. The Balaban J connectivity index is 2.10. The first-order chi connectivity index (χ1) is 8.72. The van der Waals surface area contributed by atoms with Gasteiger partial charge >= 0.3 is 0 Å². The Hall–Kier alpha value is -0.810. The molecule has 1 fully saturated rings. The van der Waals surface area contributed by atoms with Crippen molar-refractivity contribution in [1.29, 1.82) is 0 Å². The van der Waals surface area contributed by atoms with Crippen LogP contribution in [0.25, 0.3) is 0 Å². The fraction of sp³-hybridized carbons (Fsp3) is 0.615. The highest BCUT2D eigenvalue weighted by Crippen LogP contribution is 2.20. The maximum absolute atomic E-state index is 12.4. The molecule has 0 aromatic carbocycles. The van der Waals surface area contributed by atoms with Crippen LogP contribution in [0.15, 0.2) is 21.2 Å². The van der Waals surface area contributed by atoms with Crippen molar-refractivity contribution in [2.24, 2.45) is 0 Å². The van der Waals surface area contributed by atoms with E-state index in [0.29, 0.717) is 16.5 Å². The van der Waals surface area contributed by atoms with Gasteiger partial charge in [0.05, 0.1) is 0 Å². The molecule has 1 N–H and O–H groups in total. The smallest absolute Gasteiger partial charge is 0.289 e. The fourth-order valence-corrected chi connectivity index (χ4v) is 2.69. The molecule has 1 aromatic heterocycles. The minimum Gasteiger partial charge on any atom is -0.444 e. The van der Waals surface area contributed by atoms with Gasteiger partial charge in [0.2, 0.25) is 0 Å². The molecule has 0 atom stereocenters. The van der Waals surface area contributed by atoms with E-state index in [2.05, 4.69) is 28.2 Å². The average Bonchev–Trinajstić information content (AvgIpc) is 2.83. The molecule has 2 rings (SSSR count). The Morgan fingerprint density at radius 3 is 2.78 bits per heavy atom. The van der Waals surface area contributed by atoms with Gasteiger partial charge in [-0.25, -0.2) is 0 Å². The van der Waals surface area contributed by atoms with E-state index >= 15 is 0 Å². The number of amides is 1. The zero-order valence-corrected chi connectivity index (χ0v) is 12.2. The number of rotatable bonds is 4. The van der Waals surface area contributed by atoms with Gasteiger partial charge in [-0.05, 0) is 60.4 Å². The normalized spacial score (nSPS) is 16.8. The summed E-state index contributed by atoms with van der Waals surface area (Å²) < 4.78 is 5.98. The second kappa shape index (κ2) is 6.38. The van der Waals surface area contributed by atoms with Crippen LogP contribution >= 0.6 is 15.9 Å². The van der Waals surface area contributed by atoms with Crippen LogP contribution in [0.3, 0.4) is 0 Å². The lowest BCUT2D eigenvalue weighted by Crippen LogP contribution is -2.46. The maximum atomic E-state index is 12.4. The first-order valence-electron chi connectivity index (χ1n) is 6.49. The Bertz CT molecular complexity index is 399. The van der Waals surface area contributed by atoms with Gasteiger partial charge < -0.3 is 14.6 Å². The lowest BCUT2D eigenvalue weighted by Gasteiger charge is -2.34. The first kappa shape index (κ1) is 13.6. The highest BCUT2D eigenvalue weighted by molar-refractivity contribution is 9.10. The third kappa shape index (κ3) is 3.14. The molecule has 0 unspecified atom stereocenters. The van der Waals surface area contributed by atoms with Crippen molar-refractivity contribution in [3.05, 3.63) is 22.6 Å². The van der Waals surface area contributed by atoms with Gasteiger partial charge in [0.25, 0.3) is 5.91 Å². The molecule has 2 heterocycles.